The molecule has 2 aromatic rings. The number of nitrogens with zero attached hydrogens (tertiary/aromatic N) is 1. The Morgan fingerprint density at radius 2 is 1.88 bits per heavy atom. The molecule has 0 saturated heterocycles. The summed E-state index contributed by atoms with van der Waals surface area (Å²) in [5.74, 6) is -2.06. The Bertz CT molecular complexity index is 825. The first-order valence-corrected chi connectivity index (χ1v) is 7.74. The van der Waals surface area contributed by atoms with Crippen LogP contribution in [0.3, 0.4) is 0 Å². The number of aryl methyl sites for hydroxylation is 1. The van der Waals surface area contributed by atoms with Crippen LogP contribution in [-0.2, 0) is 22.7 Å². The van der Waals surface area contributed by atoms with Crippen LogP contribution in [0.2, 0.25) is 0 Å². The van der Waals surface area contributed by atoms with Gasteiger partial charge in [0.2, 0.25) is 0 Å². The molecule has 0 unspecified atom stereocenters. The Morgan fingerprint density at radius 3 is 2.48 bits per heavy atom. The number of hydrogen-bond acceptors (Lipinski definition) is 5. The molecule has 132 valence electrons. The lowest BCUT2D eigenvalue weighted by Crippen LogP contribution is -2.29. The number of benzene rings is 1. The molecular weight excluding hydrogens is 326 g/mol. The first-order chi connectivity index (χ1) is 11.9. The SMILES string of the molecule is CCOC(=O)c1cc(C)n(CC(=O)O)c(=O)c1OCc1ccccc1. The molecule has 0 fully saturated rings. The van der Waals surface area contributed by atoms with Crippen LogP contribution in [0.1, 0.15) is 28.5 Å². The first kappa shape index (κ1) is 18.3. The maximum atomic E-state index is 12.6. The zero-order chi connectivity index (χ0) is 18.4. The van der Waals surface area contributed by atoms with Gasteiger partial charge in [-0.05, 0) is 25.5 Å². The van der Waals surface area contributed by atoms with E-state index < -0.39 is 24.0 Å². The van der Waals surface area contributed by atoms with Gasteiger partial charge in [0.15, 0.2) is 5.75 Å². The van der Waals surface area contributed by atoms with Gasteiger partial charge in [-0.25, -0.2) is 4.79 Å². The van der Waals surface area contributed by atoms with Crippen molar-refractivity contribution < 1.29 is 24.2 Å². The molecule has 0 aliphatic carbocycles. The summed E-state index contributed by atoms with van der Waals surface area (Å²) < 4.78 is 11.6. The van der Waals surface area contributed by atoms with Gasteiger partial charge in [0.05, 0.1) is 6.61 Å². The normalized spacial score (nSPS) is 10.3. The topological polar surface area (TPSA) is 94.8 Å². The fourth-order valence-electron chi connectivity index (χ4n) is 2.31. The Kier molecular flexibility index (Phi) is 5.94. The van der Waals surface area contributed by atoms with Crippen LogP contribution in [-0.4, -0.2) is 28.2 Å². The summed E-state index contributed by atoms with van der Waals surface area (Å²) in [6.45, 7) is 2.90. The van der Waals surface area contributed by atoms with E-state index in [-0.39, 0.29) is 24.5 Å². The van der Waals surface area contributed by atoms with E-state index in [4.69, 9.17) is 14.6 Å². The second-order valence-electron chi connectivity index (χ2n) is 5.31. The van der Waals surface area contributed by atoms with Gasteiger partial charge in [-0.1, -0.05) is 30.3 Å². The summed E-state index contributed by atoms with van der Waals surface area (Å²) in [5.41, 5.74) is 0.452. The highest BCUT2D eigenvalue weighted by molar-refractivity contribution is 5.92. The molecule has 0 aliphatic heterocycles. The molecule has 0 bridgehead atoms. The molecule has 0 amide bonds. The number of aliphatic carboxylic acids is 1. The monoisotopic (exact) mass is 345 g/mol. The summed E-state index contributed by atoms with van der Waals surface area (Å²) in [5, 5.41) is 8.99. The Balaban J connectivity index is 2.46. The molecule has 1 N–H and O–H groups in total. The minimum atomic E-state index is -1.16. The number of rotatable bonds is 7. The van der Waals surface area contributed by atoms with Gasteiger partial charge in [0.25, 0.3) is 5.56 Å². The molecule has 7 heteroatoms. The molecule has 0 radical (unpaired) electrons. The standard InChI is InChI=1S/C18H19NO6/c1-3-24-18(23)14-9-12(2)19(10-15(20)21)17(22)16(14)25-11-13-7-5-4-6-8-13/h4-9H,3,10-11H2,1-2H3,(H,20,21). The predicted molar refractivity (Wildman–Crippen MR) is 89.8 cm³/mol. The van der Waals surface area contributed by atoms with E-state index in [1.165, 1.54) is 6.07 Å². The second kappa shape index (κ2) is 8.14. The zero-order valence-electron chi connectivity index (χ0n) is 14.0. The number of esters is 1. The van der Waals surface area contributed by atoms with Gasteiger partial charge in [0.1, 0.15) is 18.7 Å². The largest absolute Gasteiger partial charge is 0.482 e. The third-order valence-electron chi connectivity index (χ3n) is 3.48. The van der Waals surface area contributed by atoms with Gasteiger partial charge >= 0.3 is 11.9 Å². The average molecular weight is 345 g/mol. The maximum absolute atomic E-state index is 12.6. The van der Waals surface area contributed by atoms with Crippen molar-refractivity contribution in [3.05, 3.63) is 63.6 Å². The highest BCUT2D eigenvalue weighted by Gasteiger charge is 2.22. The van der Waals surface area contributed by atoms with Crippen LogP contribution in [0.25, 0.3) is 0 Å². The van der Waals surface area contributed by atoms with Crippen LogP contribution in [0.15, 0.2) is 41.2 Å². The summed E-state index contributed by atoms with van der Waals surface area (Å²) in [6.07, 6.45) is 0. The van der Waals surface area contributed by atoms with Crippen molar-refractivity contribution in [1.29, 1.82) is 0 Å². The van der Waals surface area contributed by atoms with E-state index in [0.29, 0.717) is 5.69 Å². The molecule has 1 heterocycles. The lowest BCUT2D eigenvalue weighted by Gasteiger charge is -2.15. The highest BCUT2D eigenvalue weighted by atomic mass is 16.5. The minimum Gasteiger partial charge on any atom is -0.482 e. The molecule has 1 aromatic carbocycles. The molecule has 0 saturated carbocycles. The van der Waals surface area contributed by atoms with E-state index in [1.54, 1.807) is 13.8 Å². The molecule has 0 aliphatic rings. The number of ether oxygens (including phenoxy) is 2. The van der Waals surface area contributed by atoms with Gasteiger partial charge in [0, 0.05) is 5.69 Å². The highest BCUT2D eigenvalue weighted by Crippen LogP contribution is 2.18. The van der Waals surface area contributed by atoms with E-state index in [1.807, 2.05) is 30.3 Å². The van der Waals surface area contributed by atoms with E-state index in [9.17, 15) is 14.4 Å². The molecule has 2 rings (SSSR count). The van der Waals surface area contributed by atoms with Crippen molar-refractivity contribution in [2.24, 2.45) is 0 Å². The van der Waals surface area contributed by atoms with E-state index >= 15 is 0 Å². The summed E-state index contributed by atoms with van der Waals surface area (Å²) in [7, 11) is 0. The molecule has 25 heavy (non-hydrogen) atoms. The maximum Gasteiger partial charge on any atom is 0.342 e. The molecule has 0 spiro atoms. The lowest BCUT2D eigenvalue weighted by molar-refractivity contribution is -0.137. The van der Waals surface area contributed by atoms with Crippen LogP contribution in [0.5, 0.6) is 5.75 Å². The van der Waals surface area contributed by atoms with Gasteiger partial charge in [-0.3, -0.25) is 14.2 Å². The van der Waals surface area contributed by atoms with Gasteiger partial charge in [-0.2, -0.15) is 0 Å². The first-order valence-electron chi connectivity index (χ1n) is 7.74. The number of carboxylic acids is 1. The van der Waals surface area contributed by atoms with Crippen LogP contribution in [0.4, 0.5) is 0 Å². The zero-order valence-corrected chi connectivity index (χ0v) is 14.0. The average Bonchev–Trinajstić information content (AvgIpc) is 2.58. The van der Waals surface area contributed by atoms with Crippen LogP contribution < -0.4 is 10.3 Å². The van der Waals surface area contributed by atoms with Crippen molar-refractivity contribution in [3.63, 3.8) is 0 Å². The third-order valence-corrected chi connectivity index (χ3v) is 3.48. The quantitative estimate of drug-likeness (QED) is 0.771. The van der Waals surface area contributed by atoms with Gasteiger partial charge < -0.3 is 14.6 Å². The number of carbonyl (C=O) groups is 2. The Morgan fingerprint density at radius 1 is 1.20 bits per heavy atom. The smallest absolute Gasteiger partial charge is 0.342 e. The van der Waals surface area contributed by atoms with Crippen LogP contribution in [0, 0.1) is 6.92 Å². The Labute approximate surface area is 144 Å². The van der Waals surface area contributed by atoms with Crippen molar-refractivity contribution in [1.82, 2.24) is 4.57 Å². The lowest BCUT2D eigenvalue weighted by atomic mass is 10.2. The molecule has 1 aromatic heterocycles. The number of aromatic nitrogens is 1. The number of pyridine rings is 1. The summed E-state index contributed by atoms with van der Waals surface area (Å²) in [4.78, 5) is 35.8. The van der Waals surface area contributed by atoms with Gasteiger partial charge in [-0.15, -0.1) is 0 Å². The predicted octanol–water partition coefficient (Wildman–Crippen LogP) is 2.00. The third kappa shape index (κ3) is 4.47. The van der Waals surface area contributed by atoms with Crippen LogP contribution >= 0.6 is 0 Å². The van der Waals surface area contributed by atoms with Crippen molar-refractivity contribution >= 4 is 11.9 Å². The fourth-order valence-corrected chi connectivity index (χ4v) is 2.31. The fraction of sp³-hybridized carbons (Fsp3) is 0.278. The van der Waals surface area contributed by atoms with E-state index in [0.717, 1.165) is 10.1 Å². The van der Waals surface area contributed by atoms with Crippen molar-refractivity contribution in [2.45, 2.75) is 27.0 Å². The number of carbonyl (C=O) groups excluding carboxylic acids is 1. The Hall–Kier alpha value is -3.09. The number of hydrogen-bond donors (Lipinski definition) is 1. The molecular formula is C18H19NO6. The summed E-state index contributed by atoms with van der Waals surface area (Å²) in [6, 6.07) is 10.5. The minimum absolute atomic E-state index is 0.0121. The van der Waals surface area contributed by atoms with Crippen molar-refractivity contribution in [3.8, 4) is 5.75 Å². The summed E-state index contributed by atoms with van der Waals surface area (Å²) >= 11 is 0. The molecule has 0 atom stereocenters. The second-order valence-corrected chi connectivity index (χ2v) is 5.31. The molecule has 7 nitrogen and oxygen atoms in total. The van der Waals surface area contributed by atoms with E-state index in [2.05, 4.69) is 0 Å². The van der Waals surface area contributed by atoms with Crippen molar-refractivity contribution in [2.75, 3.05) is 6.61 Å². The number of carboxylic acid groups (broad SMARTS) is 1.